The van der Waals surface area contributed by atoms with Crippen LogP contribution in [0, 0.1) is 0 Å². The van der Waals surface area contributed by atoms with Crippen LogP contribution in [0.25, 0.3) is 11.0 Å². The van der Waals surface area contributed by atoms with Gasteiger partial charge < -0.3 is 14.3 Å². The fourth-order valence-corrected chi connectivity index (χ4v) is 4.28. The van der Waals surface area contributed by atoms with E-state index in [9.17, 15) is 14.7 Å². The number of halogens is 1. The minimum absolute atomic E-state index is 0.00953. The molecule has 6 nitrogen and oxygen atoms in total. The van der Waals surface area contributed by atoms with E-state index >= 15 is 0 Å². The Hall–Kier alpha value is -3.77. The van der Waals surface area contributed by atoms with Crippen molar-refractivity contribution < 1.29 is 19.1 Å². The summed E-state index contributed by atoms with van der Waals surface area (Å²) in [6, 6.07) is 17.7. The molecule has 1 amide bonds. The standard InChI is InChI=1S/C25H18ClNO5/c1-2-31-20-12-14(10-11-18(20)28)22-21-23(29)17-8-3-4-9-19(17)32-24(21)25(30)27(22)16-7-5-6-15(26)13-16/h3-13,22,28H,2H2,1H3. The van der Waals surface area contributed by atoms with Crippen molar-refractivity contribution in [1.29, 1.82) is 0 Å². The highest BCUT2D eigenvalue weighted by Gasteiger charge is 2.44. The molecule has 0 saturated heterocycles. The molecule has 0 aliphatic carbocycles. The van der Waals surface area contributed by atoms with Crippen molar-refractivity contribution in [3.05, 3.63) is 98.9 Å². The largest absolute Gasteiger partial charge is 0.504 e. The van der Waals surface area contributed by atoms with Crippen LogP contribution in [-0.2, 0) is 0 Å². The van der Waals surface area contributed by atoms with Gasteiger partial charge in [0.05, 0.1) is 23.6 Å². The average molecular weight is 448 g/mol. The van der Waals surface area contributed by atoms with E-state index in [0.717, 1.165) is 0 Å². The van der Waals surface area contributed by atoms with E-state index in [2.05, 4.69) is 0 Å². The van der Waals surface area contributed by atoms with Gasteiger partial charge in [-0.3, -0.25) is 14.5 Å². The third kappa shape index (κ3) is 3.11. The summed E-state index contributed by atoms with van der Waals surface area (Å²) in [5.41, 5.74) is 1.42. The highest BCUT2D eigenvalue weighted by molar-refractivity contribution is 6.31. The summed E-state index contributed by atoms with van der Waals surface area (Å²) in [6.07, 6.45) is 0. The molecule has 0 fully saturated rings. The van der Waals surface area contributed by atoms with E-state index in [0.29, 0.717) is 33.8 Å². The SMILES string of the molecule is CCOc1cc(C2c3c(oc4ccccc4c3=O)C(=O)N2c2cccc(Cl)c2)ccc1O. The Labute approximate surface area is 188 Å². The summed E-state index contributed by atoms with van der Waals surface area (Å²) in [5, 5.41) is 11.0. The van der Waals surface area contributed by atoms with Gasteiger partial charge in [0.1, 0.15) is 5.58 Å². The van der Waals surface area contributed by atoms with Crippen molar-refractivity contribution in [3.63, 3.8) is 0 Å². The molecule has 0 spiro atoms. The molecule has 1 atom stereocenters. The van der Waals surface area contributed by atoms with Crippen LogP contribution >= 0.6 is 11.6 Å². The first-order chi connectivity index (χ1) is 15.5. The van der Waals surface area contributed by atoms with Crippen LogP contribution in [0.1, 0.15) is 34.6 Å². The van der Waals surface area contributed by atoms with E-state index < -0.39 is 11.9 Å². The lowest BCUT2D eigenvalue weighted by Gasteiger charge is -2.26. The van der Waals surface area contributed by atoms with Gasteiger partial charge in [-0.1, -0.05) is 35.9 Å². The zero-order valence-electron chi connectivity index (χ0n) is 17.0. The number of benzene rings is 3. The maximum absolute atomic E-state index is 13.5. The fraction of sp³-hybridized carbons (Fsp3) is 0.120. The summed E-state index contributed by atoms with van der Waals surface area (Å²) >= 11 is 6.20. The van der Waals surface area contributed by atoms with Crippen molar-refractivity contribution in [3.8, 4) is 11.5 Å². The van der Waals surface area contributed by atoms with Gasteiger partial charge in [-0.15, -0.1) is 0 Å². The van der Waals surface area contributed by atoms with Crippen LogP contribution in [0.5, 0.6) is 11.5 Å². The lowest BCUT2D eigenvalue weighted by Crippen LogP contribution is -2.29. The van der Waals surface area contributed by atoms with Crippen molar-refractivity contribution in [2.75, 3.05) is 11.5 Å². The first-order valence-corrected chi connectivity index (χ1v) is 10.5. The molecule has 1 aliphatic heterocycles. The molecule has 1 N–H and O–H groups in total. The molecule has 0 bridgehead atoms. The predicted molar refractivity (Wildman–Crippen MR) is 122 cm³/mol. The van der Waals surface area contributed by atoms with Crippen molar-refractivity contribution in [2.45, 2.75) is 13.0 Å². The van der Waals surface area contributed by atoms with Crippen molar-refractivity contribution >= 4 is 34.2 Å². The minimum atomic E-state index is -0.781. The van der Waals surface area contributed by atoms with E-state index in [1.807, 2.05) is 0 Å². The number of phenolic OH excluding ortho intramolecular Hbond substituents is 1. The molecule has 1 aromatic heterocycles. The number of phenols is 1. The molecular weight excluding hydrogens is 430 g/mol. The van der Waals surface area contributed by atoms with Gasteiger partial charge >= 0.3 is 0 Å². The van der Waals surface area contributed by atoms with Gasteiger partial charge in [0, 0.05) is 10.7 Å². The normalized spacial score (nSPS) is 15.2. The second kappa shape index (κ2) is 7.73. The molecule has 32 heavy (non-hydrogen) atoms. The van der Waals surface area contributed by atoms with Gasteiger partial charge in [0.25, 0.3) is 5.91 Å². The third-order valence-corrected chi connectivity index (χ3v) is 5.70. The monoisotopic (exact) mass is 447 g/mol. The molecule has 0 radical (unpaired) electrons. The molecule has 5 rings (SSSR count). The van der Waals surface area contributed by atoms with Gasteiger partial charge in [0.15, 0.2) is 16.9 Å². The van der Waals surface area contributed by atoms with Gasteiger partial charge in [-0.2, -0.15) is 0 Å². The van der Waals surface area contributed by atoms with Crippen LogP contribution in [0.15, 0.2) is 75.9 Å². The Morgan fingerprint density at radius 1 is 1.06 bits per heavy atom. The van der Waals surface area contributed by atoms with Gasteiger partial charge in [0.2, 0.25) is 5.76 Å². The second-order valence-corrected chi connectivity index (χ2v) is 7.82. The number of hydrogen-bond donors (Lipinski definition) is 1. The topological polar surface area (TPSA) is 80.0 Å². The van der Waals surface area contributed by atoms with Crippen molar-refractivity contribution in [2.24, 2.45) is 0 Å². The number of nitrogens with zero attached hydrogens (tertiary/aromatic N) is 1. The number of para-hydroxylation sites is 1. The van der Waals surface area contributed by atoms with Crippen molar-refractivity contribution in [1.82, 2.24) is 0 Å². The second-order valence-electron chi connectivity index (χ2n) is 7.39. The van der Waals surface area contributed by atoms with Crippen LogP contribution in [-0.4, -0.2) is 17.6 Å². The number of fused-ring (bicyclic) bond motifs is 2. The quantitative estimate of drug-likeness (QED) is 0.459. The highest BCUT2D eigenvalue weighted by Crippen LogP contribution is 2.43. The first-order valence-electron chi connectivity index (χ1n) is 10.1. The summed E-state index contributed by atoms with van der Waals surface area (Å²) < 4.78 is 11.5. The fourth-order valence-electron chi connectivity index (χ4n) is 4.10. The number of hydrogen-bond acceptors (Lipinski definition) is 5. The number of ether oxygens (including phenoxy) is 1. The number of carbonyl (C=O) groups excluding carboxylic acids is 1. The van der Waals surface area contributed by atoms with E-state index in [-0.39, 0.29) is 28.3 Å². The summed E-state index contributed by atoms with van der Waals surface area (Å²) in [4.78, 5) is 28.5. The molecular formula is C25H18ClNO5. The molecule has 3 aromatic carbocycles. The Kier molecular flexibility index (Phi) is 4.87. The summed E-state index contributed by atoms with van der Waals surface area (Å²) in [7, 11) is 0. The lowest BCUT2D eigenvalue weighted by atomic mass is 9.97. The van der Waals surface area contributed by atoms with Crippen LogP contribution in [0.2, 0.25) is 5.02 Å². The molecule has 1 unspecified atom stereocenters. The number of anilines is 1. The van der Waals surface area contributed by atoms with Crippen LogP contribution < -0.4 is 15.1 Å². The summed E-state index contributed by atoms with van der Waals surface area (Å²) in [5.74, 6) is -0.215. The lowest BCUT2D eigenvalue weighted by molar-refractivity contribution is 0.0971. The Balaban J connectivity index is 1.80. The number of amides is 1. The molecule has 7 heteroatoms. The van der Waals surface area contributed by atoms with E-state index in [4.69, 9.17) is 20.8 Å². The molecule has 160 valence electrons. The number of rotatable bonds is 4. The maximum Gasteiger partial charge on any atom is 0.295 e. The third-order valence-electron chi connectivity index (χ3n) is 5.46. The molecule has 2 heterocycles. The maximum atomic E-state index is 13.5. The highest BCUT2D eigenvalue weighted by atomic mass is 35.5. The van der Waals surface area contributed by atoms with Crippen LogP contribution in [0.3, 0.4) is 0 Å². The molecule has 4 aromatic rings. The van der Waals surface area contributed by atoms with E-state index in [1.165, 1.54) is 11.0 Å². The predicted octanol–water partition coefficient (Wildman–Crippen LogP) is 5.30. The van der Waals surface area contributed by atoms with Gasteiger partial charge in [-0.05, 0) is 55.0 Å². The average Bonchev–Trinajstić information content (AvgIpc) is 3.08. The zero-order valence-corrected chi connectivity index (χ0v) is 17.8. The zero-order chi connectivity index (χ0) is 22.4. The molecule has 0 saturated carbocycles. The number of aromatic hydroxyl groups is 1. The smallest absolute Gasteiger partial charge is 0.295 e. The first kappa shape index (κ1) is 20.2. The van der Waals surface area contributed by atoms with E-state index in [1.54, 1.807) is 67.6 Å². The molecule has 1 aliphatic rings. The summed E-state index contributed by atoms with van der Waals surface area (Å²) in [6.45, 7) is 2.15. The van der Waals surface area contributed by atoms with Crippen LogP contribution in [0.4, 0.5) is 5.69 Å². The Morgan fingerprint density at radius 2 is 1.88 bits per heavy atom. The number of carbonyl (C=O) groups is 1. The minimum Gasteiger partial charge on any atom is -0.504 e. The Morgan fingerprint density at radius 3 is 2.66 bits per heavy atom. The van der Waals surface area contributed by atoms with Gasteiger partial charge in [-0.25, -0.2) is 0 Å². The Bertz CT molecular complexity index is 1430.